The summed E-state index contributed by atoms with van der Waals surface area (Å²) in [5, 5.41) is 15.6. The highest BCUT2D eigenvalue weighted by molar-refractivity contribution is 7.93. The molecule has 2 aliphatic rings. The Balaban J connectivity index is 1.50. The molecule has 3 aromatic rings. The SMILES string of the molecule is CO[C@H](c1ncc(Cl)cn1)[C@H](C)S(=O)(=O)Nc1nnc(-c2n[nH]c3c2CCC3)n1C1(C)CCC1. The first-order valence-corrected chi connectivity index (χ1v) is 13.2. The first-order valence-electron chi connectivity index (χ1n) is 11.3. The first-order chi connectivity index (χ1) is 16.2. The summed E-state index contributed by atoms with van der Waals surface area (Å²) < 4.78 is 36.9. The molecule has 5 rings (SSSR count). The van der Waals surface area contributed by atoms with Crippen molar-refractivity contribution in [3.05, 3.63) is 34.5 Å². The third-order valence-corrected chi connectivity index (χ3v) is 8.84. The van der Waals surface area contributed by atoms with Gasteiger partial charge in [0.25, 0.3) is 0 Å². The number of nitrogens with zero attached hydrogens (tertiary/aromatic N) is 6. The van der Waals surface area contributed by atoms with Gasteiger partial charge in [-0.1, -0.05) is 11.6 Å². The summed E-state index contributed by atoms with van der Waals surface area (Å²) in [4.78, 5) is 8.27. The van der Waals surface area contributed by atoms with Crippen molar-refractivity contribution in [2.75, 3.05) is 11.8 Å². The molecule has 1 fully saturated rings. The van der Waals surface area contributed by atoms with Crippen molar-refractivity contribution in [2.45, 2.75) is 69.3 Å². The second-order valence-electron chi connectivity index (χ2n) is 9.18. The Kier molecular flexibility index (Phi) is 5.85. The Labute approximate surface area is 202 Å². The molecule has 2 atom stereocenters. The van der Waals surface area contributed by atoms with Crippen molar-refractivity contribution >= 4 is 27.6 Å². The van der Waals surface area contributed by atoms with E-state index in [2.05, 4.69) is 42.0 Å². The summed E-state index contributed by atoms with van der Waals surface area (Å²) in [5.41, 5.74) is 2.70. The van der Waals surface area contributed by atoms with Crippen LogP contribution in [0.5, 0.6) is 0 Å². The number of aryl methyl sites for hydroxylation is 1. The Morgan fingerprint density at radius 3 is 2.59 bits per heavy atom. The molecule has 0 radical (unpaired) electrons. The highest BCUT2D eigenvalue weighted by atomic mass is 35.5. The maximum Gasteiger partial charge on any atom is 0.240 e. The van der Waals surface area contributed by atoms with Gasteiger partial charge in [0.15, 0.2) is 11.6 Å². The number of aromatic amines is 1. The first kappa shape index (κ1) is 23.2. The Hall–Kier alpha value is -2.57. The quantitative estimate of drug-likeness (QED) is 0.475. The third-order valence-electron chi connectivity index (χ3n) is 6.95. The van der Waals surface area contributed by atoms with Crippen LogP contribution < -0.4 is 4.72 Å². The number of sulfonamides is 1. The summed E-state index contributed by atoms with van der Waals surface area (Å²) in [7, 11) is -2.54. The van der Waals surface area contributed by atoms with Gasteiger partial charge in [-0.3, -0.25) is 14.4 Å². The van der Waals surface area contributed by atoms with Crippen LogP contribution in [0, 0.1) is 0 Å². The number of methoxy groups -OCH3 is 1. The fourth-order valence-corrected chi connectivity index (χ4v) is 6.02. The van der Waals surface area contributed by atoms with Crippen molar-refractivity contribution in [1.29, 1.82) is 0 Å². The summed E-state index contributed by atoms with van der Waals surface area (Å²) >= 11 is 5.87. The van der Waals surface area contributed by atoms with Crippen LogP contribution in [0.1, 0.15) is 62.7 Å². The minimum Gasteiger partial charge on any atom is -0.372 e. The van der Waals surface area contributed by atoms with Gasteiger partial charge in [0, 0.05) is 36.3 Å². The number of anilines is 1. The minimum atomic E-state index is -3.96. The molecule has 0 aromatic carbocycles. The molecular weight excluding hydrogens is 480 g/mol. The predicted molar refractivity (Wildman–Crippen MR) is 126 cm³/mol. The molecule has 0 amide bonds. The molecule has 11 nitrogen and oxygen atoms in total. The van der Waals surface area contributed by atoms with Crippen LogP contribution in [-0.2, 0) is 33.1 Å². The van der Waals surface area contributed by atoms with E-state index in [1.807, 2.05) is 4.57 Å². The number of rotatable bonds is 8. The fraction of sp³-hybridized carbons (Fsp3) is 0.571. The lowest BCUT2D eigenvalue weighted by Crippen LogP contribution is -2.40. The minimum absolute atomic E-state index is 0.172. The van der Waals surface area contributed by atoms with Crippen molar-refractivity contribution in [3.8, 4) is 11.5 Å². The second kappa shape index (κ2) is 8.58. The number of fused-ring (bicyclic) bond motifs is 1. The monoisotopic (exact) mass is 506 g/mol. The van der Waals surface area contributed by atoms with Crippen molar-refractivity contribution < 1.29 is 13.2 Å². The lowest BCUT2D eigenvalue weighted by Gasteiger charge is -2.41. The van der Waals surface area contributed by atoms with Gasteiger partial charge in [-0.05, 0) is 52.4 Å². The molecule has 0 bridgehead atoms. The van der Waals surface area contributed by atoms with E-state index >= 15 is 0 Å². The molecule has 0 unspecified atom stereocenters. The van der Waals surface area contributed by atoms with Crippen LogP contribution in [0.2, 0.25) is 5.02 Å². The number of hydrogen-bond acceptors (Lipinski definition) is 8. The van der Waals surface area contributed by atoms with E-state index in [0.29, 0.717) is 10.8 Å². The molecule has 0 aliphatic heterocycles. The zero-order valence-electron chi connectivity index (χ0n) is 19.2. The molecular formula is C21H27ClN8O3S. The van der Waals surface area contributed by atoms with Crippen molar-refractivity contribution in [1.82, 2.24) is 34.9 Å². The van der Waals surface area contributed by atoms with Crippen molar-refractivity contribution in [3.63, 3.8) is 0 Å². The van der Waals surface area contributed by atoms with Gasteiger partial charge < -0.3 is 4.74 Å². The van der Waals surface area contributed by atoms with Crippen LogP contribution >= 0.6 is 11.6 Å². The lowest BCUT2D eigenvalue weighted by molar-refractivity contribution is 0.0950. The average molecular weight is 507 g/mol. The van der Waals surface area contributed by atoms with E-state index < -0.39 is 21.4 Å². The van der Waals surface area contributed by atoms with E-state index in [1.165, 1.54) is 19.5 Å². The maximum absolute atomic E-state index is 13.4. The van der Waals surface area contributed by atoms with Crippen LogP contribution in [-0.4, -0.2) is 55.7 Å². The topological polar surface area (TPSA) is 141 Å². The predicted octanol–water partition coefficient (Wildman–Crippen LogP) is 3.02. The summed E-state index contributed by atoms with van der Waals surface area (Å²) in [5.74, 6) is 0.979. The standard InChI is InChI=1S/C21H27ClN8O3S/c1-12(17(33-3)18-23-10-13(22)11-24-18)34(31,32)29-20-28-27-19(30(20)21(2)8-5-9-21)16-14-6-4-7-15(14)25-26-16/h10-12,17H,4-9H2,1-3H3,(H,25,26)(H,28,29)/t12-,17-/m0/s1. The Bertz CT molecular complexity index is 1300. The van der Waals surface area contributed by atoms with E-state index in [9.17, 15) is 8.42 Å². The number of hydrogen-bond donors (Lipinski definition) is 2. The molecule has 1 saturated carbocycles. The average Bonchev–Trinajstić information content (AvgIpc) is 3.50. The van der Waals surface area contributed by atoms with Gasteiger partial charge >= 0.3 is 0 Å². The molecule has 0 saturated heterocycles. The van der Waals surface area contributed by atoms with Gasteiger partial charge in [-0.15, -0.1) is 10.2 Å². The van der Waals surface area contributed by atoms with Crippen LogP contribution in [0.25, 0.3) is 11.5 Å². The number of nitrogens with one attached hydrogen (secondary N) is 2. The van der Waals surface area contributed by atoms with Crippen LogP contribution in [0.15, 0.2) is 12.4 Å². The van der Waals surface area contributed by atoms with Gasteiger partial charge in [0.05, 0.1) is 5.02 Å². The van der Waals surface area contributed by atoms with Gasteiger partial charge in [0.2, 0.25) is 16.0 Å². The van der Waals surface area contributed by atoms with Gasteiger partial charge in [0.1, 0.15) is 17.0 Å². The molecule has 2 aliphatic carbocycles. The number of halogens is 1. The Morgan fingerprint density at radius 1 is 1.21 bits per heavy atom. The number of H-pyrrole nitrogens is 1. The molecule has 13 heteroatoms. The summed E-state index contributed by atoms with van der Waals surface area (Å²) in [6.45, 7) is 3.64. The smallest absolute Gasteiger partial charge is 0.240 e. The van der Waals surface area contributed by atoms with E-state index in [0.717, 1.165) is 55.5 Å². The van der Waals surface area contributed by atoms with E-state index in [-0.39, 0.29) is 17.3 Å². The van der Waals surface area contributed by atoms with Gasteiger partial charge in [-0.25, -0.2) is 18.4 Å². The number of aromatic nitrogens is 7. The maximum atomic E-state index is 13.4. The zero-order chi connectivity index (χ0) is 24.1. The molecule has 2 N–H and O–H groups in total. The largest absolute Gasteiger partial charge is 0.372 e. The summed E-state index contributed by atoms with van der Waals surface area (Å²) in [6, 6.07) is 0. The fourth-order valence-electron chi connectivity index (χ4n) is 4.79. The molecule has 34 heavy (non-hydrogen) atoms. The van der Waals surface area contributed by atoms with Crippen LogP contribution in [0.3, 0.4) is 0 Å². The molecule has 0 spiro atoms. The molecule has 3 aromatic heterocycles. The summed E-state index contributed by atoms with van der Waals surface area (Å²) in [6.07, 6.45) is 7.69. The highest BCUT2D eigenvalue weighted by Gasteiger charge is 2.41. The molecule has 182 valence electrons. The van der Waals surface area contributed by atoms with Crippen molar-refractivity contribution in [2.24, 2.45) is 0 Å². The van der Waals surface area contributed by atoms with Crippen LogP contribution in [0.4, 0.5) is 5.95 Å². The van der Waals surface area contributed by atoms with E-state index in [4.69, 9.17) is 16.3 Å². The lowest BCUT2D eigenvalue weighted by atomic mass is 9.78. The molecule has 3 heterocycles. The van der Waals surface area contributed by atoms with Gasteiger partial charge in [-0.2, -0.15) is 5.10 Å². The zero-order valence-corrected chi connectivity index (χ0v) is 20.8. The number of ether oxygens (including phenoxy) is 1. The second-order valence-corrected chi connectivity index (χ2v) is 11.7. The Morgan fingerprint density at radius 2 is 1.94 bits per heavy atom. The third kappa shape index (κ3) is 3.87. The van der Waals surface area contributed by atoms with E-state index in [1.54, 1.807) is 6.92 Å². The highest BCUT2D eigenvalue weighted by Crippen LogP contribution is 2.44. The normalized spacial score (nSPS) is 18.8.